The van der Waals surface area contributed by atoms with Gasteiger partial charge in [-0.15, -0.1) is 10.2 Å². The first-order chi connectivity index (χ1) is 10.4. The van der Waals surface area contributed by atoms with Crippen molar-refractivity contribution in [3.8, 4) is 0 Å². The summed E-state index contributed by atoms with van der Waals surface area (Å²) < 4.78 is 2.00. The Kier molecular flexibility index (Phi) is 2.90. The number of hydrogen-bond donors (Lipinski definition) is 2. The van der Waals surface area contributed by atoms with Crippen LogP contribution >= 0.6 is 0 Å². The highest BCUT2D eigenvalue weighted by molar-refractivity contribution is 5.82. The fourth-order valence-electron chi connectivity index (χ4n) is 2.60. The van der Waals surface area contributed by atoms with E-state index in [1.165, 1.54) is 16.5 Å². The molecule has 1 aromatic carbocycles. The molecule has 0 radical (unpaired) electrons. The molecule has 0 spiro atoms. The molecule has 0 atom stereocenters. The highest BCUT2D eigenvalue weighted by Crippen LogP contribution is 2.17. The highest BCUT2D eigenvalue weighted by atomic mass is 15.3. The maximum absolute atomic E-state index is 4.22. The lowest BCUT2D eigenvalue weighted by atomic mass is 10.2. The van der Waals surface area contributed by atoms with Gasteiger partial charge in [0.25, 0.3) is 0 Å². The largest absolute Gasteiger partial charge is 0.361 e. The molecule has 5 nitrogen and oxygen atoms in total. The first-order valence-electron chi connectivity index (χ1n) is 6.96. The molecule has 0 saturated heterocycles. The maximum Gasteiger partial charge on any atom is 0.160 e. The lowest BCUT2D eigenvalue weighted by molar-refractivity contribution is 0.659. The van der Waals surface area contributed by atoms with Gasteiger partial charge in [0.2, 0.25) is 0 Å². The molecule has 0 saturated carbocycles. The van der Waals surface area contributed by atoms with Gasteiger partial charge in [-0.1, -0.05) is 24.3 Å². The number of H-pyrrole nitrogens is 1. The number of pyridine rings is 1. The number of nitrogens with one attached hydrogen (secondary N) is 2. The SMILES string of the molecule is c1ccc2c(CNCc3nnc4ccccn34)c[nH]c2c1. The molecule has 0 fully saturated rings. The third-order valence-corrected chi connectivity index (χ3v) is 3.66. The van der Waals surface area contributed by atoms with Crippen LogP contribution < -0.4 is 5.32 Å². The van der Waals surface area contributed by atoms with Gasteiger partial charge < -0.3 is 10.3 Å². The average molecular weight is 277 g/mol. The number of aromatic nitrogens is 4. The monoisotopic (exact) mass is 277 g/mol. The summed E-state index contributed by atoms with van der Waals surface area (Å²) in [5.41, 5.74) is 3.31. The standard InChI is InChI=1S/C16H15N5/c1-2-6-14-13(5-1)12(10-18-14)9-17-11-16-20-19-15-7-3-4-8-21(15)16/h1-8,10,17-18H,9,11H2. The van der Waals surface area contributed by atoms with Crippen LogP contribution in [-0.2, 0) is 13.1 Å². The van der Waals surface area contributed by atoms with Crippen molar-refractivity contribution in [2.24, 2.45) is 0 Å². The number of hydrogen-bond acceptors (Lipinski definition) is 3. The van der Waals surface area contributed by atoms with Gasteiger partial charge in [-0.05, 0) is 23.8 Å². The zero-order valence-electron chi connectivity index (χ0n) is 11.5. The van der Waals surface area contributed by atoms with Gasteiger partial charge in [0.05, 0.1) is 6.54 Å². The lowest BCUT2D eigenvalue weighted by Gasteiger charge is -2.03. The molecular formula is C16H15N5. The Bertz CT molecular complexity index is 816. The molecule has 0 aliphatic carbocycles. The minimum absolute atomic E-state index is 0.685. The zero-order chi connectivity index (χ0) is 14.1. The van der Waals surface area contributed by atoms with E-state index in [0.717, 1.165) is 18.0 Å². The molecule has 4 rings (SSSR count). The van der Waals surface area contributed by atoms with Crippen molar-refractivity contribution in [3.05, 3.63) is 66.2 Å². The zero-order valence-corrected chi connectivity index (χ0v) is 11.5. The Labute approximate surface area is 121 Å². The van der Waals surface area contributed by atoms with E-state index in [4.69, 9.17) is 0 Å². The molecule has 0 bridgehead atoms. The second kappa shape index (κ2) is 5.03. The van der Waals surface area contributed by atoms with Crippen LogP contribution in [0.15, 0.2) is 54.9 Å². The normalized spacial score (nSPS) is 11.4. The van der Waals surface area contributed by atoms with Gasteiger partial charge in [0.1, 0.15) is 0 Å². The number of para-hydroxylation sites is 1. The van der Waals surface area contributed by atoms with Crippen LogP contribution in [0, 0.1) is 0 Å². The number of aromatic amines is 1. The molecule has 4 aromatic rings. The fraction of sp³-hybridized carbons (Fsp3) is 0.125. The van der Waals surface area contributed by atoms with E-state index in [2.05, 4.69) is 44.9 Å². The molecule has 3 aromatic heterocycles. The Morgan fingerprint density at radius 1 is 1.00 bits per heavy atom. The lowest BCUT2D eigenvalue weighted by Crippen LogP contribution is -2.14. The first-order valence-corrected chi connectivity index (χ1v) is 6.96. The third-order valence-electron chi connectivity index (χ3n) is 3.66. The molecule has 104 valence electrons. The molecule has 0 unspecified atom stereocenters. The highest BCUT2D eigenvalue weighted by Gasteiger charge is 2.05. The summed E-state index contributed by atoms with van der Waals surface area (Å²) in [4.78, 5) is 3.29. The van der Waals surface area contributed by atoms with Crippen LogP contribution in [0.2, 0.25) is 0 Å². The van der Waals surface area contributed by atoms with E-state index in [9.17, 15) is 0 Å². The number of rotatable bonds is 4. The summed E-state index contributed by atoms with van der Waals surface area (Å²) >= 11 is 0. The molecule has 0 amide bonds. The summed E-state index contributed by atoms with van der Waals surface area (Å²) in [6.45, 7) is 1.48. The van der Waals surface area contributed by atoms with Crippen molar-refractivity contribution < 1.29 is 0 Å². The summed E-state index contributed by atoms with van der Waals surface area (Å²) in [6, 6.07) is 14.2. The van der Waals surface area contributed by atoms with E-state index < -0.39 is 0 Å². The van der Waals surface area contributed by atoms with Crippen molar-refractivity contribution in [3.63, 3.8) is 0 Å². The third kappa shape index (κ3) is 2.17. The van der Waals surface area contributed by atoms with Crippen molar-refractivity contribution in [2.75, 3.05) is 0 Å². The van der Waals surface area contributed by atoms with Crippen LogP contribution in [0.5, 0.6) is 0 Å². The van der Waals surface area contributed by atoms with Crippen molar-refractivity contribution in [1.29, 1.82) is 0 Å². The predicted octanol–water partition coefficient (Wildman–Crippen LogP) is 2.50. The van der Waals surface area contributed by atoms with E-state index in [1.807, 2.05) is 34.9 Å². The average Bonchev–Trinajstić information content (AvgIpc) is 3.13. The minimum Gasteiger partial charge on any atom is -0.361 e. The summed E-state index contributed by atoms with van der Waals surface area (Å²) in [5, 5.41) is 13.1. The van der Waals surface area contributed by atoms with Crippen LogP contribution in [0.25, 0.3) is 16.6 Å². The number of benzene rings is 1. The van der Waals surface area contributed by atoms with E-state index in [1.54, 1.807) is 0 Å². The van der Waals surface area contributed by atoms with Gasteiger partial charge in [-0.2, -0.15) is 0 Å². The second-order valence-corrected chi connectivity index (χ2v) is 5.01. The topological polar surface area (TPSA) is 58.0 Å². The predicted molar refractivity (Wildman–Crippen MR) is 81.8 cm³/mol. The van der Waals surface area contributed by atoms with Crippen molar-refractivity contribution in [1.82, 2.24) is 24.9 Å². The molecule has 5 heteroatoms. The Morgan fingerprint density at radius 3 is 2.90 bits per heavy atom. The Morgan fingerprint density at radius 2 is 1.90 bits per heavy atom. The summed E-state index contributed by atoms with van der Waals surface area (Å²) in [5.74, 6) is 0.922. The second-order valence-electron chi connectivity index (χ2n) is 5.01. The van der Waals surface area contributed by atoms with Crippen LogP contribution in [-0.4, -0.2) is 19.6 Å². The molecule has 0 aliphatic heterocycles. The molecular weight excluding hydrogens is 262 g/mol. The molecule has 0 aliphatic rings. The smallest absolute Gasteiger partial charge is 0.160 e. The van der Waals surface area contributed by atoms with Gasteiger partial charge in [0.15, 0.2) is 11.5 Å². The molecule has 21 heavy (non-hydrogen) atoms. The van der Waals surface area contributed by atoms with Crippen LogP contribution in [0.1, 0.15) is 11.4 Å². The van der Waals surface area contributed by atoms with Crippen molar-refractivity contribution in [2.45, 2.75) is 13.1 Å². The Balaban J connectivity index is 1.50. The summed E-state index contributed by atoms with van der Waals surface area (Å²) in [7, 11) is 0. The number of fused-ring (bicyclic) bond motifs is 2. The van der Waals surface area contributed by atoms with Gasteiger partial charge >= 0.3 is 0 Å². The fourth-order valence-corrected chi connectivity index (χ4v) is 2.60. The van der Waals surface area contributed by atoms with Gasteiger partial charge in [-0.25, -0.2) is 0 Å². The first kappa shape index (κ1) is 12.1. The quantitative estimate of drug-likeness (QED) is 0.602. The molecule has 3 heterocycles. The molecule has 2 N–H and O–H groups in total. The van der Waals surface area contributed by atoms with E-state index in [-0.39, 0.29) is 0 Å². The van der Waals surface area contributed by atoms with Gasteiger partial charge in [0, 0.05) is 29.8 Å². The minimum atomic E-state index is 0.685. The van der Waals surface area contributed by atoms with E-state index in [0.29, 0.717) is 6.54 Å². The van der Waals surface area contributed by atoms with Crippen molar-refractivity contribution >= 4 is 16.6 Å². The summed E-state index contributed by atoms with van der Waals surface area (Å²) in [6.07, 6.45) is 4.04. The van der Waals surface area contributed by atoms with Crippen LogP contribution in [0.4, 0.5) is 0 Å². The number of nitrogens with zero attached hydrogens (tertiary/aromatic N) is 3. The van der Waals surface area contributed by atoms with Crippen LogP contribution in [0.3, 0.4) is 0 Å². The Hall–Kier alpha value is -2.66. The van der Waals surface area contributed by atoms with Gasteiger partial charge in [-0.3, -0.25) is 4.40 Å². The maximum atomic E-state index is 4.22. The van der Waals surface area contributed by atoms with E-state index >= 15 is 0 Å².